The van der Waals surface area contributed by atoms with Gasteiger partial charge < -0.3 is 14.8 Å². The maximum atomic E-state index is 12.3. The molecule has 1 aliphatic heterocycles. The van der Waals surface area contributed by atoms with E-state index in [4.69, 9.17) is 9.47 Å². The van der Waals surface area contributed by atoms with Crippen LogP contribution in [0.3, 0.4) is 0 Å². The number of esters is 1. The molecule has 2 heterocycles. The van der Waals surface area contributed by atoms with Gasteiger partial charge in [0, 0.05) is 4.88 Å². The second-order valence-corrected chi connectivity index (χ2v) is 7.75. The highest BCUT2D eigenvalue weighted by Gasteiger charge is 2.28. The number of nitrogens with zero attached hydrogens (tertiary/aromatic N) is 1. The molecule has 2 aromatic rings. The van der Waals surface area contributed by atoms with E-state index < -0.39 is 17.8 Å². The summed E-state index contributed by atoms with van der Waals surface area (Å²) in [6.45, 7) is -0.127. The van der Waals surface area contributed by atoms with Crippen molar-refractivity contribution in [3.63, 3.8) is 0 Å². The zero-order valence-corrected chi connectivity index (χ0v) is 15.4. The summed E-state index contributed by atoms with van der Waals surface area (Å²) in [4.78, 5) is 25.6. The molecule has 0 unspecified atom stereocenters. The Kier molecular flexibility index (Phi) is 4.82. The van der Waals surface area contributed by atoms with Gasteiger partial charge in [0.1, 0.15) is 23.4 Å². The standard InChI is InChI=1S/C20H18N2O4S/c21-9-15-14-5-3-7-17(14)27-19(15)22-18(23)11-26-20(24)13-8-12-4-1-2-6-16(12)25-10-13/h1-2,4,6,13H,3,5,7-8,10-11H2,(H,22,23)/t13-/m0/s1. The van der Waals surface area contributed by atoms with Gasteiger partial charge in [-0.05, 0) is 42.9 Å². The first-order chi connectivity index (χ1) is 13.2. The van der Waals surface area contributed by atoms with Gasteiger partial charge in [-0.2, -0.15) is 5.26 Å². The van der Waals surface area contributed by atoms with Gasteiger partial charge in [-0.1, -0.05) is 18.2 Å². The zero-order valence-electron chi connectivity index (χ0n) is 14.6. The molecule has 0 radical (unpaired) electrons. The van der Waals surface area contributed by atoms with Crippen LogP contribution >= 0.6 is 11.3 Å². The Morgan fingerprint density at radius 3 is 3.04 bits per heavy atom. The van der Waals surface area contributed by atoms with Crippen LogP contribution in [0.2, 0.25) is 0 Å². The predicted octanol–water partition coefficient (Wildman–Crippen LogP) is 2.84. The number of ether oxygens (including phenoxy) is 2. The Morgan fingerprint density at radius 2 is 2.19 bits per heavy atom. The molecule has 27 heavy (non-hydrogen) atoms. The highest BCUT2D eigenvalue weighted by Crippen LogP contribution is 2.38. The van der Waals surface area contributed by atoms with E-state index in [1.807, 2.05) is 24.3 Å². The van der Waals surface area contributed by atoms with E-state index in [1.54, 1.807) is 0 Å². The number of rotatable bonds is 4. The molecule has 7 heteroatoms. The summed E-state index contributed by atoms with van der Waals surface area (Å²) in [6.07, 6.45) is 3.41. The summed E-state index contributed by atoms with van der Waals surface area (Å²) in [6, 6.07) is 9.75. The fraction of sp³-hybridized carbons (Fsp3) is 0.350. The van der Waals surface area contributed by atoms with Gasteiger partial charge in [0.25, 0.3) is 5.91 Å². The van der Waals surface area contributed by atoms with Crippen LogP contribution in [0.1, 0.15) is 28.0 Å². The highest BCUT2D eigenvalue weighted by atomic mass is 32.1. The molecule has 0 fully saturated rings. The Bertz CT molecular complexity index is 944. The number of carbonyl (C=O) groups excluding carboxylic acids is 2. The number of fused-ring (bicyclic) bond motifs is 2. The number of aryl methyl sites for hydroxylation is 1. The third-order valence-corrected chi connectivity index (χ3v) is 6.05. The van der Waals surface area contributed by atoms with Crippen LogP contribution in [0.15, 0.2) is 24.3 Å². The van der Waals surface area contributed by atoms with E-state index in [9.17, 15) is 14.9 Å². The summed E-state index contributed by atoms with van der Waals surface area (Å²) in [7, 11) is 0. The van der Waals surface area contributed by atoms with Crippen molar-refractivity contribution in [2.24, 2.45) is 5.92 Å². The second-order valence-electron chi connectivity index (χ2n) is 6.65. The fourth-order valence-corrected chi connectivity index (χ4v) is 4.76. The molecule has 1 aromatic heterocycles. The number of amides is 1. The first-order valence-electron chi connectivity index (χ1n) is 8.87. The van der Waals surface area contributed by atoms with E-state index in [2.05, 4.69) is 11.4 Å². The van der Waals surface area contributed by atoms with Crippen LogP contribution < -0.4 is 10.1 Å². The van der Waals surface area contributed by atoms with Crippen LogP contribution in [-0.2, 0) is 33.6 Å². The number of carbonyl (C=O) groups is 2. The first-order valence-corrected chi connectivity index (χ1v) is 9.69. The lowest BCUT2D eigenvalue weighted by atomic mass is 9.97. The van der Waals surface area contributed by atoms with Crippen LogP contribution in [0.25, 0.3) is 0 Å². The van der Waals surface area contributed by atoms with Crippen molar-refractivity contribution in [1.82, 2.24) is 0 Å². The fourth-order valence-electron chi connectivity index (χ4n) is 3.51. The minimum Gasteiger partial charge on any atom is -0.492 e. The van der Waals surface area contributed by atoms with Crippen molar-refractivity contribution < 1.29 is 19.1 Å². The molecule has 1 N–H and O–H groups in total. The maximum absolute atomic E-state index is 12.3. The largest absolute Gasteiger partial charge is 0.492 e. The van der Waals surface area contributed by atoms with E-state index in [0.717, 1.165) is 41.0 Å². The van der Waals surface area contributed by atoms with E-state index >= 15 is 0 Å². The number of benzene rings is 1. The van der Waals surface area contributed by atoms with Crippen molar-refractivity contribution >= 4 is 28.2 Å². The van der Waals surface area contributed by atoms with Gasteiger partial charge in [0.05, 0.1) is 11.5 Å². The number of nitriles is 1. The Labute approximate surface area is 160 Å². The molecule has 1 aliphatic carbocycles. The lowest BCUT2D eigenvalue weighted by Gasteiger charge is -2.23. The summed E-state index contributed by atoms with van der Waals surface area (Å²) in [5.41, 5.74) is 2.55. The molecule has 0 bridgehead atoms. The maximum Gasteiger partial charge on any atom is 0.313 e. The minimum absolute atomic E-state index is 0.244. The number of hydrogen-bond donors (Lipinski definition) is 1. The minimum atomic E-state index is -0.450. The molecule has 6 nitrogen and oxygen atoms in total. The number of anilines is 1. The van der Waals surface area contributed by atoms with E-state index in [1.165, 1.54) is 11.3 Å². The number of nitrogens with one attached hydrogen (secondary N) is 1. The van der Waals surface area contributed by atoms with Crippen molar-refractivity contribution in [1.29, 1.82) is 5.26 Å². The molecular formula is C20H18N2O4S. The van der Waals surface area contributed by atoms with Crippen LogP contribution in [-0.4, -0.2) is 25.1 Å². The summed E-state index contributed by atoms with van der Waals surface area (Å²) in [5, 5.41) is 12.6. The van der Waals surface area contributed by atoms with Gasteiger partial charge >= 0.3 is 5.97 Å². The average molecular weight is 382 g/mol. The third kappa shape index (κ3) is 3.53. The smallest absolute Gasteiger partial charge is 0.313 e. The van der Waals surface area contributed by atoms with Crippen LogP contribution in [0, 0.1) is 17.2 Å². The molecular weight excluding hydrogens is 364 g/mol. The molecule has 1 aromatic carbocycles. The lowest BCUT2D eigenvalue weighted by Crippen LogP contribution is -2.31. The van der Waals surface area contributed by atoms with Gasteiger partial charge in [-0.25, -0.2) is 0 Å². The van der Waals surface area contributed by atoms with Gasteiger partial charge in [0.2, 0.25) is 0 Å². The molecule has 1 atom stereocenters. The Balaban J connectivity index is 1.32. The normalized spacial score (nSPS) is 17.2. The van der Waals surface area contributed by atoms with Gasteiger partial charge in [-0.3, -0.25) is 9.59 Å². The summed E-state index contributed by atoms with van der Waals surface area (Å²) in [5.74, 6) is -0.521. The molecule has 2 aliphatic rings. The monoisotopic (exact) mass is 382 g/mol. The predicted molar refractivity (Wildman–Crippen MR) is 99.8 cm³/mol. The van der Waals surface area contributed by atoms with E-state index in [-0.39, 0.29) is 13.2 Å². The molecule has 4 rings (SSSR count). The zero-order chi connectivity index (χ0) is 18.8. The van der Waals surface area contributed by atoms with Gasteiger partial charge in [0.15, 0.2) is 6.61 Å². The lowest BCUT2D eigenvalue weighted by molar-refractivity contribution is -0.152. The van der Waals surface area contributed by atoms with Crippen LogP contribution in [0.4, 0.5) is 5.00 Å². The van der Waals surface area contributed by atoms with Crippen molar-refractivity contribution in [3.8, 4) is 11.8 Å². The summed E-state index contributed by atoms with van der Waals surface area (Å²) >= 11 is 1.44. The van der Waals surface area contributed by atoms with Crippen LogP contribution in [0.5, 0.6) is 5.75 Å². The molecule has 0 saturated heterocycles. The first kappa shape index (κ1) is 17.6. The molecule has 138 valence electrons. The summed E-state index contributed by atoms with van der Waals surface area (Å²) < 4.78 is 10.8. The number of para-hydroxylation sites is 1. The van der Waals surface area contributed by atoms with Crippen molar-refractivity contribution in [3.05, 3.63) is 45.8 Å². The Morgan fingerprint density at radius 1 is 1.33 bits per heavy atom. The van der Waals surface area contributed by atoms with Gasteiger partial charge in [-0.15, -0.1) is 11.3 Å². The van der Waals surface area contributed by atoms with Crippen molar-refractivity contribution in [2.75, 3.05) is 18.5 Å². The van der Waals surface area contributed by atoms with Crippen molar-refractivity contribution in [2.45, 2.75) is 25.7 Å². The second kappa shape index (κ2) is 7.41. The molecule has 1 amide bonds. The number of thiophene rings is 1. The number of hydrogen-bond acceptors (Lipinski definition) is 6. The quantitative estimate of drug-likeness (QED) is 0.822. The molecule has 0 saturated carbocycles. The molecule has 0 spiro atoms. The average Bonchev–Trinajstić information content (AvgIpc) is 3.26. The third-order valence-electron chi connectivity index (χ3n) is 4.84. The Hall–Kier alpha value is -2.85. The SMILES string of the molecule is N#Cc1c(NC(=O)COC(=O)[C@@H]2COc3ccccc3C2)sc2c1CCC2. The topological polar surface area (TPSA) is 88.4 Å². The van der Waals surface area contributed by atoms with E-state index in [0.29, 0.717) is 17.0 Å². The highest BCUT2D eigenvalue weighted by molar-refractivity contribution is 7.16.